The lowest BCUT2D eigenvalue weighted by Gasteiger charge is -2.03. The van der Waals surface area contributed by atoms with Crippen molar-refractivity contribution < 1.29 is 0 Å². The van der Waals surface area contributed by atoms with Crippen molar-refractivity contribution in [2.75, 3.05) is 0 Å². The summed E-state index contributed by atoms with van der Waals surface area (Å²) in [5.74, 6) is 0. The van der Waals surface area contributed by atoms with E-state index in [9.17, 15) is 4.79 Å². The predicted molar refractivity (Wildman–Crippen MR) is 84.2 cm³/mol. The number of hydrogen-bond donors (Lipinski definition) is 1. The normalized spacial score (nSPS) is 9.90. The van der Waals surface area contributed by atoms with E-state index in [0.717, 1.165) is 21.1 Å². The van der Waals surface area contributed by atoms with Gasteiger partial charge in [0, 0.05) is 28.5 Å². The number of thiophene rings is 1. The Balaban J connectivity index is 0.00000161. The molecule has 0 saturated heterocycles. The van der Waals surface area contributed by atoms with Crippen LogP contribution in [0.3, 0.4) is 0 Å². The van der Waals surface area contributed by atoms with Crippen LogP contribution in [0.1, 0.15) is 11.3 Å². The van der Waals surface area contributed by atoms with Crippen molar-refractivity contribution in [3.8, 4) is 21.5 Å². The van der Waals surface area contributed by atoms with Crippen LogP contribution in [0.5, 0.6) is 0 Å². The highest BCUT2D eigenvalue weighted by molar-refractivity contribution is 7.17. The standard InChI is InChI=1S/C14H10N4OS.ClH/c1-9-11(6-10(7-15)14(19)17-9)12-2-3-13(20-12)18-5-4-16-8-18;/h2-6,8H,1H3,(H,17,19);1H. The Labute approximate surface area is 130 Å². The lowest BCUT2D eigenvalue weighted by molar-refractivity contribution is 1.09. The third-order valence-corrected chi connectivity index (χ3v) is 4.11. The SMILES string of the molecule is Cc1[nH]c(=O)c(C#N)cc1-c1ccc(-n2ccnc2)s1.Cl. The molecule has 5 nitrogen and oxygen atoms in total. The van der Waals surface area contributed by atoms with E-state index >= 15 is 0 Å². The van der Waals surface area contributed by atoms with Gasteiger partial charge in [-0.25, -0.2) is 4.98 Å². The number of nitriles is 1. The minimum absolute atomic E-state index is 0. The maximum absolute atomic E-state index is 11.6. The van der Waals surface area contributed by atoms with E-state index in [1.54, 1.807) is 29.9 Å². The first-order valence-electron chi connectivity index (χ1n) is 5.91. The molecule has 0 aromatic carbocycles. The minimum atomic E-state index is -0.347. The molecule has 0 radical (unpaired) electrons. The number of rotatable bonds is 2. The molecule has 0 fully saturated rings. The zero-order valence-corrected chi connectivity index (χ0v) is 12.7. The van der Waals surface area contributed by atoms with Gasteiger partial charge < -0.3 is 4.98 Å². The molecular formula is C14H11ClN4OS. The molecule has 3 rings (SSSR count). The van der Waals surface area contributed by atoms with Crippen LogP contribution >= 0.6 is 23.7 Å². The van der Waals surface area contributed by atoms with E-state index < -0.39 is 0 Å². The Kier molecular flexibility index (Phi) is 4.26. The van der Waals surface area contributed by atoms with E-state index in [4.69, 9.17) is 5.26 Å². The smallest absolute Gasteiger partial charge is 0.266 e. The van der Waals surface area contributed by atoms with Crippen molar-refractivity contribution in [3.05, 3.63) is 58.5 Å². The summed E-state index contributed by atoms with van der Waals surface area (Å²) in [4.78, 5) is 19.3. The summed E-state index contributed by atoms with van der Waals surface area (Å²) >= 11 is 1.57. The summed E-state index contributed by atoms with van der Waals surface area (Å²) in [6.07, 6.45) is 5.32. The minimum Gasteiger partial charge on any atom is -0.325 e. The molecule has 0 spiro atoms. The van der Waals surface area contributed by atoms with Gasteiger partial charge in [0.2, 0.25) is 0 Å². The lowest BCUT2D eigenvalue weighted by Crippen LogP contribution is -2.11. The molecule has 0 unspecified atom stereocenters. The second-order valence-corrected chi connectivity index (χ2v) is 5.33. The average molecular weight is 319 g/mol. The maximum atomic E-state index is 11.6. The van der Waals surface area contributed by atoms with Crippen molar-refractivity contribution in [2.24, 2.45) is 0 Å². The van der Waals surface area contributed by atoms with Gasteiger partial charge in [0.05, 0.1) is 6.33 Å². The highest BCUT2D eigenvalue weighted by atomic mass is 35.5. The van der Waals surface area contributed by atoms with Crippen molar-refractivity contribution in [1.29, 1.82) is 5.26 Å². The zero-order chi connectivity index (χ0) is 14.1. The Bertz CT molecular complexity index is 858. The molecule has 0 aliphatic carbocycles. The van der Waals surface area contributed by atoms with E-state index in [0.29, 0.717) is 0 Å². The Hall–Kier alpha value is -2.36. The Morgan fingerprint density at radius 1 is 1.43 bits per heavy atom. The summed E-state index contributed by atoms with van der Waals surface area (Å²) in [7, 11) is 0. The van der Waals surface area contributed by atoms with E-state index in [1.807, 2.05) is 35.9 Å². The molecule has 0 aliphatic rings. The molecule has 0 saturated carbocycles. The second-order valence-electron chi connectivity index (χ2n) is 4.27. The Morgan fingerprint density at radius 2 is 2.24 bits per heavy atom. The first kappa shape index (κ1) is 15.0. The molecule has 21 heavy (non-hydrogen) atoms. The number of aryl methyl sites for hydroxylation is 1. The van der Waals surface area contributed by atoms with Crippen LogP contribution in [-0.2, 0) is 0 Å². The molecule has 0 amide bonds. The average Bonchev–Trinajstić information content (AvgIpc) is 3.09. The number of hydrogen-bond acceptors (Lipinski definition) is 4. The molecule has 106 valence electrons. The van der Waals surface area contributed by atoms with Gasteiger partial charge in [0.25, 0.3) is 5.56 Å². The first-order chi connectivity index (χ1) is 9.69. The maximum Gasteiger partial charge on any atom is 0.266 e. The number of aromatic nitrogens is 3. The Morgan fingerprint density at radius 3 is 2.90 bits per heavy atom. The second kappa shape index (κ2) is 5.95. The van der Waals surface area contributed by atoms with Crippen molar-refractivity contribution in [3.63, 3.8) is 0 Å². The van der Waals surface area contributed by atoms with E-state index in [1.165, 1.54) is 0 Å². The predicted octanol–water partition coefficient (Wildman–Crippen LogP) is 2.89. The van der Waals surface area contributed by atoms with Crippen LogP contribution in [0.2, 0.25) is 0 Å². The van der Waals surface area contributed by atoms with Crippen LogP contribution in [0, 0.1) is 18.3 Å². The number of H-pyrrole nitrogens is 1. The lowest BCUT2D eigenvalue weighted by atomic mass is 10.1. The molecule has 3 heterocycles. The fourth-order valence-electron chi connectivity index (χ4n) is 1.96. The van der Waals surface area contributed by atoms with E-state index in [2.05, 4.69) is 9.97 Å². The number of nitrogens with one attached hydrogen (secondary N) is 1. The van der Waals surface area contributed by atoms with Crippen molar-refractivity contribution >= 4 is 23.7 Å². The van der Waals surface area contributed by atoms with Crippen LogP contribution in [0.15, 0.2) is 41.7 Å². The number of halogens is 1. The van der Waals surface area contributed by atoms with Gasteiger partial charge in [0.1, 0.15) is 16.6 Å². The summed E-state index contributed by atoms with van der Waals surface area (Å²) in [6, 6.07) is 7.51. The highest BCUT2D eigenvalue weighted by Gasteiger charge is 2.10. The fraction of sp³-hybridized carbons (Fsp3) is 0.0714. The molecule has 3 aromatic heterocycles. The number of pyridine rings is 1. The van der Waals surface area contributed by atoms with E-state index in [-0.39, 0.29) is 23.5 Å². The van der Waals surface area contributed by atoms with Gasteiger partial charge in [-0.2, -0.15) is 5.26 Å². The van der Waals surface area contributed by atoms with Crippen LogP contribution in [-0.4, -0.2) is 14.5 Å². The third-order valence-electron chi connectivity index (χ3n) is 2.97. The number of imidazole rings is 1. The highest BCUT2D eigenvalue weighted by Crippen LogP contribution is 2.31. The van der Waals surface area contributed by atoms with Gasteiger partial charge in [-0.3, -0.25) is 9.36 Å². The number of nitrogens with zero attached hydrogens (tertiary/aromatic N) is 3. The topological polar surface area (TPSA) is 74.5 Å². The molecule has 3 aromatic rings. The summed E-state index contributed by atoms with van der Waals surface area (Å²) in [6.45, 7) is 1.83. The number of aromatic amines is 1. The summed E-state index contributed by atoms with van der Waals surface area (Å²) in [5, 5.41) is 9.99. The summed E-state index contributed by atoms with van der Waals surface area (Å²) in [5.41, 5.74) is 1.41. The molecule has 7 heteroatoms. The van der Waals surface area contributed by atoms with Crippen molar-refractivity contribution in [2.45, 2.75) is 6.92 Å². The zero-order valence-electron chi connectivity index (χ0n) is 11.0. The summed E-state index contributed by atoms with van der Waals surface area (Å²) < 4.78 is 1.92. The molecular weight excluding hydrogens is 308 g/mol. The van der Waals surface area contributed by atoms with Gasteiger partial charge in [-0.1, -0.05) is 0 Å². The first-order valence-corrected chi connectivity index (χ1v) is 6.73. The van der Waals surface area contributed by atoms with Crippen LogP contribution in [0.25, 0.3) is 15.4 Å². The molecule has 0 aliphatic heterocycles. The van der Waals surface area contributed by atoms with Crippen LogP contribution in [0.4, 0.5) is 0 Å². The van der Waals surface area contributed by atoms with Crippen LogP contribution < -0.4 is 5.56 Å². The molecule has 1 N–H and O–H groups in total. The largest absolute Gasteiger partial charge is 0.325 e. The van der Waals surface area contributed by atoms with Gasteiger partial charge in [0.15, 0.2) is 0 Å². The van der Waals surface area contributed by atoms with Gasteiger partial charge in [-0.15, -0.1) is 23.7 Å². The van der Waals surface area contributed by atoms with Gasteiger partial charge >= 0.3 is 0 Å². The molecule has 0 bridgehead atoms. The monoisotopic (exact) mass is 318 g/mol. The van der Waals surface area contributed by atoms with Gasteiger partial charge in [-0.05, 0) is 25.1 Å². The quantitative estimate of drug-likeness (QED) is 0.789. The van der Waals surface area contributed by atoms with Crippen molar-refractivity contribution in [1.82, 2.24) is 14.5 Å². The fourth-order valence-corrected chi connectivity index (χ4v) is 3.00. The third kappa shape index (κ3) is 2.75. The molecule has 0 atom stereocenters.